The molecule has 10 heteroatoms. The number of nitrogens with one attached hydrogen (secondary N) is 1. The summed E-state index contributed by atoms with van der Waals surface area (Å²) in [6, 6.07) is 21.1. The SMILES string of the molecule is O=C(CCc1ccc(O)c(OC2CCCC2)c1)CC(=O)[C@@H]1C(C[N-]c2[nH]ccc2Cc2ccc(O)c(O)c2)=Cc2[n-]ccc2[C@H]1CCCCc1cccc(O)c1. The summed E-state index contributed by atoms with van der Waals surface area (Å²) < 4.78 is 6.07. The van der Waals surface area contributed by atoms with Gasteiger partial charge in [-0.2, -0.15) is 6.20 Å². The highest BCUT2D eigenvalue weighted by Gasteiger charge is 2.35. The van der Waals surface area contributed by atoms with Crippen LogP contribution in [0.4, 0.5) is 5.82 Å². The molecule has 0 aliphatic heterocycles. The molecule has 0 amide bonds. The monoisotopic (exact) mass is 755 g/mol. The number of hydrogen-bond donors (Lipinski definition) is 5. The van der Waals surface area contributed by atoms with Crippen LogP contribution in [-0.4, -0.2) is 49.6 Å². The molecular formula is C46H49N3O7-2. The molecule has 2 aromatic heterocycles. The number of aromatic hydroxyl groups is 4. The number of hydrogen-bond acceptors (Lipinski definition) is 7. The number of fused-ring (bicyclic) bond motifs is 1. The van der Waals surface area contributed by atoms with Crippen molar-refractivity contribution in [3.8, 4) is 28.7 Å². The summed E-state index contributed by atoms with van der Waals surface area (Å²) in [7, 11) is 0. The van der Waals surface area contributed by atoms with E-state index in [0.29, 0.717) is 24.4 Å². The van der Waals surface area contributed by atoms with Gasteiger partial charge in [0.05, 0.1) is 12.5 Å². The van der Waals surface area contributed by atoms with E-state index >= 15 is 0 Å². The third kappa shape index (κ3) is 9.48. The number of H-pyrrole nitrogens is 1. The van der Waals surface area contributed by atoms with Gasteiger partial charge in [-0.05, 0) is 129 Å². The van der Waals surface area contributed by atoms with Crippen LogP contribution < -0.4 is 9.72 Å². The topological polar surface area (TPSA) is 168 Å². The van der Waals surface area contributed by atoms with Crippen LogP contribution in [0.15, 0.2) is 90.8 Å². The first-order valence-electron chi connectivity index (χ1n) is 19.7. The lowest BCUT2D eigenvalue weighted by molar-refractivity contribution is -0.129. The number of nitrogens with zero attached hydrogens (tertiary/aromatic N) is 2. The highest BCUT2D eigenvalue weighted by molar-refractivity contribution is 6.02. The molecular weight excluding hydrogens is 707 g/mol. The minimum atomic E-state index is -0.562. The maximum atomic E-state index is 14.4. The van der Waals surface area contributed by atoms with Crippen molar-refractivity contribution >= 4 is 23.5 Å². The van der Waals surface area contributed by atoms with Crippen LogP contribution in [0.2, 0.25) is 0 Å². The lowest BCUT2D eigenvalue weighted by atomic mass is 9.71. The van der Waals surface area contributed by atoms with Crippen molar-refractivity contribution in [1.82, 2.24) is 9.97 Å². The Kier molecular flexibility index (Phi) is 12.1. The maximum absolute atomic E-state index is 14.4. The highest BCUT2D eigenvalue weighted by Crippen LogP contribution is 2.44. The Labute approximate surface area is 327 Å². The van der Waals surface area contributed by atoms with Gasteiger partial charge < -0.3 is 40.4 Å². The molecule has 7 rings (SSSR count). The van der Waals surface area contributed by atoms with E-state index in [0.717, 1.165) is 90.5 Å². The summed E-state index contributed by atoms with van der Waals surface area (Å²) in [6.07, 6.45) is 13.9. The fraction of sp³-hybridized carbons (Fsp3) is 0.348. The first kappa shape index (κ1) is 38.4. The number of ether oxygens (including phenoxy) is 1. The number of aromatic nitrogens is 2. The molecule has 2 atom stereocenters. The number of unbranched alkanes of at least 4 members (excludes halogenated alkanes) is 1. The van der Waals surface area contributed by atoms with Crippen molar-refractivity contribution in [2.45, 2.75) is 89.1 Å². The van der Waals surface area contributed by atoms with E-state index in [1.807, 2.05) is 36.4 Å². The number of benzene rings is 3. The van der Waals surface area contributed by atoms with E-state index in [2.05, 4.69) is 9.97 Å². The molecule has 10 nitrogen and oxygen atoms in total. The molecule has 0 saturated heterocycles. The number of aromatic amines is 1. The Balaban J connectivity index is 1.06. The number of carbonyl (C=O) groups excluding carboxylic acids is 2. The van der Waals surface area contributed by atoms with E-state index in [1.165, 1.54) is 12.1 Å². The van der Waals surface area contributed by atoms with Gasteiger partial charge in [-0.15, -0.1) is 5.69 Å². The number of aryl methyl sites for hydroxylation is 2. The maximum Gasteiger partial charge on any atom is 0.161 e. The third-order valence-corrected chi connectivity index (χ3v) is 11.1. The Morgan fingerprint density at radius 3 is 2.46 bits per heavy atom. The lowest BCUT2D eigenvalue weighted by Gasteiger charge is -2.36. The molecule has 56 heavy (non-hydrogen) atoms. The smallest absolute Gasteiger partial charge is 0.161 e. The first-order valence-corrected chi connectivity index (χ1v) is 19.7. The van der Waals surface area contributed by atoms with E-state index in [1.54, 1.807) is 42.7 Å². The van der Waals surface area contributed by atoms with Crippen molar-refractivity contribution in [2.75, 3.05) is 6.54 Å². The van der Waals surface area contributed by atoms with Crippen LogP contribution >= 0.6 is 0 Å². The number of rotatable bonds is 18. The van der Waals surface area contributed by atoms with Gasteiger partial charge in [-0.1, -0.05) is 72.0 Å². The van der Waals surface area contributed by atoms with Crippen molar-refractivity contribution in [1.29, 1.82) is 0 Å². The van der Waals surface area contributed by atoms with Crippen molar-refractivity contribution in [3.05, 3.63) is 130 Å². The van der Waals surface area contributed by atoms with Crippen molar-refractivity contribution in [3.63, 3.8) is 0 Å². The standard InChI is InChI=1S/C46H49N3O7/c50-34-8-5-7-29(23-34)6-1-4-11-38-37-19-21-47-39(37)26-33(28-49-46-32(18-20-48-46)22-31-14-16-40(52)42(54)24-31)45(38)43(55)27-35(51)15-12-30-13-17-41(53)44(25-30)56-36-9-2-3-10-36/h5,7-8,13-14,16-21,23-26,36,38,45,48,50,52-54H,1-4,6,9-12,15,22,27-28H2/q-2/t38-,45-/m1/s1. The van der Waals surface area contributed by atoms with Gasteiger partial charge in [0.2, 0.25) is 0 Å². The summed E-state index contributed by atoms with van der Waals surface area (Å²) in [5.74, 6) is 0.0295. The minimum Gasteiger partial charge on any atom is -0.664 e. The molecule has 3 aromatic carbocycles. The van der Waals surface area contributed by atoms with E-state index in [-0.39, 0.29) is 66.0 Å². The van der Waals surface area contributed by atoms with Crippen molar-refractivity contribution < 1.29 is 34.8 Å². The summed E-state index contributed by atoms with van der Waals surface area (Å²) in [4.78, 5) is 35.8. The van der Waals surface area contributed by atoms with Crippen LogP contribution in [0.25, 0.3) is 11.4 Å². The normalized spacial score (nSPS) is 16.7. The zero-order valence-corrected chi connectivity index (χ0v) is 31.5. The van der Waals surface area contributed by atoms with Crippen LogP contribution in [0.3, 0.4) is 0 Å². The predicted molar refractivity (Wildman–Crippen MR) is 215 cm³/mol. The van der Waals surface area contributed by atoms with Crippen LogP contribution in [0.1, 0.15) is 97.2 Å². The molecule has 2 aliphatic rings. The van der Waals surface area contributed by atoms with E-state index in [4.69, 9.17) is 10.1 Å². The number of phenols is 4. The average Bonchev–Trinajstić information content (AvgIpc) is 3.97. The number of carbonyl (C=O) groups is 2. The van der Waals surface area contributed by atoms with E-state index < -0.39 is 5.92 Å². The largest absolute Gasteiger partial charge is 0.664 e. The fourth-order valence-corrected chi connectivity index (χ4v) is 8.22. The lowest BCUT2D eigenvalue weighted by Crippen LogP contribution is -2.30. The predicted octanol–water partition coefficient (Wildman–Crippen LogP) is 9.08. The summed E-state index contributed by atoms with van der Waals surface area (Å²) in [5, 5.41) is 45.1. The second kappa shape index (κ2) is 17.7. The number of Topliss-reactive ketones (excluding diaryl/α,β-unsaturated/α-hetero) is 2. The zero-order chi connectivity index (χ0) is 39.0. The molecule has 1 fully saturated rings. The summed E-state index contributed by atoms with van der Waals surface area (Å²) in [6.45, 7) is 0.225. The third-order valence-electron chi connectivity index (χ3n) is 11.1. The zero-order valence-electron chi connectivity index (χ0n) is 31.5. The highest BCUT2D eigenvalue weighted by atomic mass is 16.5. The van der Waals surface area contributed by atoms with Gasteiger partial charge in [0.25, 0.3) is 0 Å². The molecule has 0 radical (unpaired) electrons. The minimum absolute atomic E-state index is 0.0876. The quantitative estimate of drug-likeness (QED) is 0.0335. The Morgan fingerprint density at radius 1 is 0.839 bits per heavy atom. The summed E-state index contributed by atoms with van der Waals surface area (Å²) in [5.41, 5.74) is 6.25. The Hall–Kier alpha value is -5.90. The van der Waals surface area contributed by atoms with Crippen LogP contribution in [-0.2, 0) is 28.9 Å². The number of ketones is 2. The fourth-order valence-electron chi connectivity index (χ4n) is 8.22. The van der Waals surface area contributed by atoms with Gasteiger partial charge in [-0.25, -0.2) is 0 Å². The Morgan fingerprint density at radius 2 is 1.64 bits per heavy atom. The molecule has 0 unspecified atom stereocenters. The van der Waals surface area contributed by atoms with Crippen LogP contribution in [0, 0.1) is 5.92 Å². The average molecular weight is 756 g/mol. The Bertz CT molecular complexity index is 2180. The first-order chi connectivity index (χ1) is 27.2. The molecule has 2 heterocycles. The van der Waals surface area contributed by atoms with E-state index in [9.17, 15) is 30.0 Å². The molecule has 0 bridgehead atoms. The van der Waals surface area contributed by atoms with Gasteiger partial charge >= 0.3 is 0 Å². The van der Waals surface area contributed by atoms with Gasteiger partial charge in [0.1, 0.15) is 17.3 Å². The van der Waals surface area contributed by atoms with Crippen molar-refractivity contribution in [2.24, 2.45) is 5.92 Å². The summed E-state index contributed by atoms with van der Waals surface area (Å²) >= 11 is 0. The van der Waals surface area contributed by atoms with Gasteiger partial charge in [0, 0.05) is 12.3 Å². The number of phenolic OH excluding ortho intramolecular Hbond substituents is 4. The second-order valence-electron chi connectivity index (χ2n) is 15.2. The molecule has 5 aromatic rings. The molecule has 292 valence electrons. The molecule has 2 aliphatic carbocycles. The second-order valence-corrected chi connectivity index (χ2v) is 15.2. The van der Waals surface area contributed by atoms with Crippen LogP contribution in [0.5, 0.6) is 28.7 Å². The molecule has 5 N–H and O–H groups in total. The molecule has 1 saturated carbocycles. The van der Waals surface area contributed by atoms with Gasteiger partial charge in [0.15, 0.2) is 23.0 Å². The van der Waals surface area contributed by atoms with Gasteiger partial charge in [-0.3, -0.25) is 9.59 Å². The molecule has 0 spiro atoms.